The lowest BCUT2D eigenvalue weighted by Crippen LogP contribution is -2.00. The molecule has 2 aromatic heterocycles. The molecule has 10 aromatic rings. The Bertz CT molecular complexity index is 3150. The Balaban J connectivity index is 1.10. The van der Waals surface area contributed by atoms with Crippen LogP contribution in [0.1, 0.15) is 5.48 Å². The van der Waals surface area contributed by atoms with Crippen LogP contribution in [0.5, 0.6) is 0 Å². The van der Waals surface area contributed by atoms with Crippen LogP contribution >= 0.6 is 0 Å². The summed E-state index contributed by atoms with van der Waals surface area (Å²) in [5.41, 5.74) is 10.7. The van der Waals surface area contributed by atoms with Gasteiger partial charge in [-0.15, -0.1) is 0 Å². The summed E-state index contributed by atoms with van der Waals surface area (Å²) < 4.78 is 37.6. The minimum absolute atomic E-state index is 0.0716. The highest BCUT2D eigenvalue weighted by molar-refractivity contribution is 6.15. The molecule has 0 bridgehead atoms. The quantitative estimate of drug-likeness (QED) is 0.166. The van der Waals surface area contributed by atoms with Crippen LogP contribution in [0.3, 0.4) is 0 Å². The van der Waals surface area contributed by atoms with Crippen molar-refractivity contribution in [1.82, 2.24) is 19.5 Å². The average Bonchev–Trinajstić information content (AvgIpc) is 3.67. The number of hydrogen-bond donors (Lipinski definition) is 0. The lowest BCUT2D eigenvalue weighted by molar-refractivity contribution is 1.07. The fraction of sp³-hybridized carbons (Fsp3) is 0. The van der Waals surface area contributed by atoms with Gasteiger partial charge in [-0.2, -0.15) is 0 Å². The highest BCUT2D eigenvalue weighted by Gasteiger charge is 2.17. The molecule has 4 heteroatoms. The molecular formula is C51H34N4. The maximum Gasteiger partial charge on any atom is 0.164 e. The molecule has 55 heavy (non-hydrogen) atoms. The molecule has 0 aliphatic carbocycles. The smallest absolute Gasteiger partial charge is 0.164 e. The van der Waals surface area contributed by atoms with Gasteiger partial charge < -0.3 is 4.57 Å². The SMILES string of the molecule is [2H]c1c([2H])c([2H])c2c(c1[2H])c1c(-c3ccc(-c4ccccc4)cc3)cccc1n2-c1ccc(-c2nc(-c3ccccc3)nc(-c3ccc(-c4ccccc4)cc3)n2)cc1. The second kappa shape index (κ2) is 13.8. The first kappa shape index (κ1) is 28.1. The van der Waals surface area contributed by atoms with E-state index in [0.29, 0.717) is 28.4 Å². The molecule has 0 saturated carbocycles. The molecule has 0 radical (unpaired) electrons. The van der Waals surface area contributed by atoms with Crippen molar-refractivity contribution < 1.29 is 5.48 Å². The molecule has 2 heterocycles. The Hall–Kier alpha value is -7.43. The minimum atomic E-state index is -0.278. The van der Waals surface area contributed by atoms with E-state index < -0.39 is 0 Å². The fourth-order valence-electron chi connectivity index (χ4n) is 7.30. The van der Waals surface area contributed by atoms with Crippen molar-refractivity contribution in [2.24, 2.45) is 0 Å². The molecule has 0 amide bonds. The van der Waals surface area contributed by atoms with Crippen molar-refractivity contribution >= 4 is 21.8 Å². The van der Waals surface area contributed by atoms with Gasteiger partial charge in [-0.1, -0.05) is 170 Å². The lowest BCUT2D eigenvalue weighted by Gasteiger charge is -2.11. The summed E-state index contributed by atoms with van der Waals surface area (Å²) >= 11 is 0. The van der Waals surface area contributed by atoms with Crippen LogP contribution in [-0.2, 0) is 0 Å². The number of fused-ring (bicyclic) bond motifs is 3. The topological polar surface area (TPSA) is 43.6 Å². The van der Waals surface area contributed by atoms with E-state index in [0.717, 1.165) is 66.7 Å². The van der Waals surface area contributed by atoms with E-state index in [1.54, 1.807) is 0 Å². The zero-order chi connectivity index (χ0) is 40.0. The Morgan fingerprint density at radius 1 is 0.345 bits per heavy atom. The van der Waals surface area contributed by atoms with Gasteiger partial charge in [-0.05, 0) is 69.8 Å². The molecule has 0 saturated heterocycles. The summed E-state index contributed by atoms with van der Waals surface area (Å²) in [6, 6.07) is 60.0. The third-order valence-electron chi connectivity index (χ3n) is 10.0. The normalized spacial score (nSPS) is 12.3. The van der Waals surface area contributed by atoms with Gasteiger partial charge >= 0.3 is 0 Å². The van der Waals surface area contributed by atoms with Crippen molar-refractivity contribution in [3.05, 3.63) is 206 Å². The van der Waals surface area contributed by atoms with Gasteiger partial charge in [-0.3, -0.25) is 0 Å². The van der Waals surface area contributed by atoms with Crippen LogP contribution in [0.2, 0.25) is 0 Å². The molecule has 10 rings (SSSR count). The first-order valence-electron chi connectivity index (χ1n) is 20.2. The molecule has 0 N–H and O–H groups in total. The lowest BCUT2D eigenvalue weighted by atomic mass is 9.97. The third kappa shape index (κ3) is 6.06. The van der Waals surface area contributed by atoms with E-state index in [4.69, 9.17) is 20.4 Å². The molecule has 0 fully saturated rings. The van der Waals surface area contributed by atoms with Crippen molar-refractivity contribution in [2.45, 2.75) is 0 Å². The van der Waals surface area contributed by atoms with Gasteiger partial charge in [0.15, 0.2) is 17.5 Å². The van der Waals surface area contributed by atoms with E-state index in [9.17, 15) is 0 Å². The molecule has 0 atom stereocenters. The number of hydrogen-bond acceptors (Lipinski definition) is 3. The Labute approximate surface area is 325 Å². The Kier molecular flexibility index (Phi) is 7.08. The summed E-state index contributed by atoms with van der Waals surface area (Å²) in [6.07, 6.45) is 0. The number of para-hydroxylation sites is 1. The molecule has 0 aliphatic heterocycles. The molecule has 0 unspecified atom stereocenters. The van der Waals surface area contributed by atoms with E-state index >= 15 is 0 Å². The maximum absolute atomic E-state index is 9.16. The van der Waals surface area contributed by atoms with Crippen LogP contribution in [-0.4, -0.2) is 19.5 Å². The van der Waals surface area contributed by atoms with Crippen LogP contribution in [0.15, 0.2) is 206 Å². The second-order valence-electron chi connectivity index (χ2n) is 13.4. The van der Waals surface area contributed by atoms with Crippen molar-refractivity contribution in [2.75, 3.05) is 0 Å². The van der Waals surface area contributed by atoms with Gasteiger partial charge in [-0.25, -0.2) is 15.0 Å². The molecule has 0 spiro atoms. The van der Waals surface area contributed by atoms with Crippen LogP contribution in [0.25, 0.3) is 95.0 Å². The van der Waals surface area contributed by atoms with E-state index in [2.05, 4.69) is 60.7 Å². The number of aromatic nitrogens is 4. The van der Waals surface area contributed by atoms with Crippen LogP contribution in [0, 0.1) is 0 Å². The first-order valence-corrected chi connectivity index (χ1v) is 18.2. The van der Waals surface area contributed by atoms with Gasteiger partial charge in [0.25, 0.3) is 0 Å². The summed E-state index contributed by atoms with van der Waals surface area (Å²) in [6.45, 7) is 0. The fourth-order valence-corrected chi connectivity index (χ4v) is 7.30. The zero-order valence-electron chi connectivity index (χ0n) is 33.6. The predicted molar refractivity (Wildman–Crippen MR) is 227 cm³/mol. The number of benzene rings is 8. The molecule has 0 aliphatic rings. The van der Waals surface area contributed by atoms with E-state index in [-0.39, 0.29) is 24.2 Å². The highest BCUT2D eigenvalue weighted by atomic mass is 15.0. The molecule has 258 valence electrons. The first-order chi connectivity index (χ1) is 28.9. The van der Waals surface area contributed by atoms with E-state index in [1.165, 1.54) is 0 Å². The number of rotatable bonds is 7. The van der Waals surface area contributed by atoms with Crippen molar-refractivity contribution in [3.63, 3.8) is 0 Å². The molecule has 4 nitrogen and oxygen atoms in total. The Morgan fingerprint density at radius 2 is 0.764 bits per heavy atom. The van der Waals surface area contributed by atoms with Gasteiger partial charge in [0.1, 0.15) is 0 Å². The summed E-state index contributed by atoms with van der Waals surface area (Å²) in [5.74, 6) is 1.63. The number of nitrogens with zero attached hydrogens (tertiary/aromatic N) is 4. The molecule has 8 aromatic carbocycles. The van der Waals surface area contributed by atoms with Crippen molar-refractivity contribution in [1.29, 1.82) is 0 Å². The largest absolute Gasteiger partial charge is 0.309 e. The van der Waals surface area contributed by atoms with Crippen LogP contribution < -0.4 is 0 Å². The predicted octanol–water partition coefficient (Wildman–Crippen LogP) is 13.0. The highest BCUT2D eigenvalue weighted by Crippen LogP contribution is 2.39. The van der Waals surface area contributed by atoms with Gasteiger partial charge in [0.05, 0.1) is 16.5 Å². The third-order valence-corrected chi connectivity index (χ3v) is 10.0. The molecular weight excluding hydrogens is 669 g/mol. The Morgan fingerprint density at radius 3 is 1.31 bits per heavy atom. The zero-order valence-corrected chi connectivity index (χ0v) is 29.6. The van der Waals surface area contributed by atoms with Crippen LogP contribution in [0.4, 0.5) is 0 Å². The van der Waals surface area contributed by atoms with E-state index in [1.807, 2.05) is 126 Å². The summed E-state index contributed by atoms with van der Waals surface area (Å²) in [5, 5.41) is 1.24. The van der Waals surface area contributed by atoms with Gasteiger partial charge in [0.2, 0.25) is 0 Å². The van der Waals surface area contributed by atoms with Crippen molar-refractivity contribution in [3.8, 4) is 73.2 Å². The maximum atomic E-state index is 9.16. The average molecular weight is 707 g/mol. The summed E-state index contributed by atoms with van der Waals surface area (Å²) in [7, 11) is 0. The standard InChI is InChI=1S/C51H34N4/c1-4-13-35(14-5-1)37-23-27-39(28-24-37)44-20-12-22-47-48(44)45-19-10-11-21-46(45)55(47)43-33-31-42(32-34-43)51-53-49(40-17-8-3-9-18-40)52-50(54-51)41-29-25-38(26-30-41)36-15-6-2-7-16-36/h1-34H/i10D,11D,19D,21D. The summed E-state index contributed by atoms with van der Waals surface area (Å²) in [4.78, 5) is 14.8. The second-order valence-corrected chi connectivity index (χ2v) is 13.4. The van der Waals surface area contributed by atoms with Gasteiger partial charge in [0, 0.05) is 33.2 Å². The monoisotopic (exact) mass is 706 g/mol. The minimum Gasteiger partial charge on any atom is -0.309 e.